The number of alkyl halides is 1. The van der Waals surface area contributed by atoms with E-state index in [4.69, 9.17) is 5.73 Å². The Bertz CT molecular complexity index is 1020. The molecule has 1 atom stereocenters. The molecule has 0 aliphatic carbocycles. The van der Waals surface area contributed by atoms with Crippen molar-refractivity contribution in [1.29, 1.82) is 0 Å². The van der Waals surface area contributed by atoms with Crippen molar-refractivity contribution in [3.63, 3.8) is 0 Å². The highest BCUT2D eigenvalue weighted by atomic mass is 19.1. The summed E-state index contributed by atoms with van der Waals surface area (Å²) in [6.07, 6.45) is 4.62. The van der Waals surface area contributed by atoms with Gasteiger partial charge in [0.1, 0.15) is 11.7 Å². The number of anilines is 1. The number of likely N-dealkylation sites (tertiary alicyclic amines) is 2. The number of nitrogens with zero attached hydrogens (tertiary/aromatic N) is 2. The number of amides is 2. The Kier molecular flexibility index (Phi) is 8.29. The molecule has 4 rings (SSSR count). The fourth-order valence-corrected chi connectivity index (χ4v) is 5.36. The van der Waals surface area contributed by atoms with Crippen molar-refractivity contribution in [3.05, 3.63) is 54.1 Å². The molecule has 2 saturated heterocycles. The summed E-state index contributed by atoms with van der Waals surface area (Å²) in [6, 6.07) is 15.4. The van der Waals surface area contributed by atoms with Crippen molar-refractivity contribution in [2.45, 2.75) is 57.7 Å². The molecular weight excluding hydrogens is 455 g/mol. The molecule has 7 heteroatoms. The molecule has 2 aliphatic heterocycles. The Morgan fingerprint density at radius 3 is 2.14 bits per heavy atom. The first-order chi connectivity index (χ1) is 17.2. The van der Waals surface area contributed by atoms with Gasteiger partial charge in [0.25, 0.3) is 5.91 Å². The third-order valence-corrected chi connectivity index (χ3v) is 7.34. The van der Waals surface area contributed by atoms with E-state index in [0.29, 0.717) is 31.0 Å². The van der Waals surface area contributed by atoms with Crippen molar-refractivity contribution in [2.75, 3.05) is 38.0 Å². The zero-order chi connectivity index (χ0) is 25.7. The molecular formula is C29H39FN4O2. The zero-order valence-electron chi connectivity index (χ0n) is 21.5. The number of benzene rings is 2. The summed E-state index contributed by atoms with van der Waals surface area (Å²) in [5.74, 6) is 0.0336. The summed E-state index contributed by atoms with van der Waals surface area (Å²) in [6.45, 7) is 7.21. The molecule has 0 aromatic heterocycles. The molecule has 3 N–H and O–H groups in total. The number of rotatable bonds is 8. The molecule has 0 spiro atoms. The van der Waals surface area contributed by atoms with Gasteiger partial charge < -0.3 is 20.9 Å². The van der Waals surface area contributed by atoms with Crippen molar-refractivity contribution in [3.8, 4) is 11.1 Å². The highest BCUT2D eigenvalue weighted by molar-refractivity contribution is 5.97. The van der Waals surface area contributed by atoms with Crippen LogP contribution in [0, 0.1) is 5.92 Å². The van der Waals surface area contributed by atoms with E-state index in [0.717, 1.165) is 62.1 Å². The van der Waals surface area contributed by atoms with Crippen LogP contribution in [-0.2, 0) is 4.79 Å². The van der Waals surface area contributed by atoms with Gasteiger partial charge in [0.2, 0.25) is 5.91 Å². The van der Waals surface area contributed by atoms with Gasteiger partial charge in [-0.05, 0) is 100 Å². The molecule has 2 fully saturated rings. The Morgan fingerprint density at radius 1 is 0.944 bits per heavy atom. The molecule has 2 amide bonds. The van der Waals surface area contributed by atoms with Gasteiger partial charge in [-0.1, -0.05) is 24.3 Å². The molecule has 2 heterocycles. The normalized spacial score (nSPS) is 19.8. The summed E-state index contributed by atoms with van der Waals surface area (Å²) < 4.78 is 13.9. The monoisotopic (exact) mass is 494 g/mol. The van der Waals surface area contributed by atoms with Crippen molar-refractivity contribution < 1.29 is 14.0 Å². The summed E-state index contributed by atoms with van der Waals surface area (Å²) in [7, 11) is 0. The standard InChI is InChI=1S/C29H39FN4O2/c1-29(2,30)20-33-17-14-21(15-18-33)19-32-25-12-10-23(11-13-25)22-6-8-24(9-7-22)28(36)34-16-4-3-5-26(34)27(31)35/h6-13,21,26,32H,3-5,14-20H2,1-2H3,(H2,31,35). The van der Waals surface area contributed by atoms with Crippen LogP contribution in [0.2, 0.25) is 0 Å². The van der Waals surface area contributed by atoms with Gasteiger partial charge >= 0.3 is 0 Å². The molecule has 36 heavy (non-hydrogen) atoms. The average molecular weight is 495 g/mol. The van der Waals surface area contributed by atoms with E-state index in [2.05, 4.69) is 34.5 Å². The first kappa shape index (κ1) is 26.1. The van der Waals surface area contributed by atoms with Crippen molar-refractivity contribution in [1.82, 2.24) is 9.80 Å². The number of nitrogens with two attached hydrogens (primary N) is 1. The minimum Gasteiger partial charge on any atom is -0.385 e. The quantitative estimate of drug-likeness (QED) is 0.557. The predicted octanol–water partition coefficient (Wildman–Crippen LogP) is 4.71. The van der Waals surface area contributed by atoms with Gasteiger partial charge in [-0.25, -0.2) is 4.39 Å². The smallest absolute Gasteiger partial charge is 0.254 e. The highest BCUT2D eigenvalue weighted by Gasteiger charge is 2.31. The number of nitrogens with one attached hydrogen (secondary N) is 1. The van der Waals surface area contributed by atoms with E-state index in [-0.39, 0.29) is 5.91 Å². The lowest BCUT2D eigenvalue weighted by atomic mass is 9.95. The van der Waals surface area contributed by atoms with Gasteiger partial charge in [-0.3, -0.25) is 9.59 Å². The minimum atomic E-state index is -1.13. The number of hydrogen-bond donors (Lipinski definition) is 2. The first-order valence-corrected chi connectivity index (χ1v) is 13.2. The maximum absolute atomic E-state index is 13.9. The van der Waals surface area contributed by atoms with Gasteiger partial charge in [-0.2, -0.15) is 0 Å². The fraction of sp³-hybridized carbons (Fsp3) is 0.517. The third-order valence-electron chi connectivity index (χ3n) is 7.34. The van der Waals surface area contributed by atoms with Gasteiger partial charge in [0.15, 0.2) is 0 Å². The molecule has 2 aliphatic rings. The van der Waals surface area contributed by atoms with E-state index in [1.807, 2.05) is 24.3 Å². The highest BCUT2D eigenvalue weighted by Crippen LogP contribution is 2.25. The topological polar surface area (TPSA) is 78.7 Å². The third kappa shape index (κ3) is 6.84. The molecule has 2 aromatic rings. The Labute approximate surface area is 214 Å². The van der Waals surface area contributed by atoms with Crippen LogP contribution in [-0.4, -0.2) is 66.0 Å². The lowest BCUT2D eigenvalue weighted by molar-refractivity contribution is -0.123. The second kappa shape index (κ2) is 11.4. The van der Waals surface area contributed by atoms with Crippen molar-refractivity contribution >= 4 is 17.5 Å². The molecule has 6 nitrogen and oxygen atoms in total. The van der Waals surface area contributed by atoms with Crippen LogP contribution < -0.4 is 11.1 Å². The zero-order valence-corrected chi connectivity index (χ0v) is 21.5. The molecule has 1 unspecified atom stereocenters. The maximum Gasteiger partial charge on any atom is 0.254 e. The fourth-order valence-electron chi connectivity index (χ4n) is 5.36. The second-order valence-corrected chi connectivity index (χ2v) is 10.9. The van der Waals surface area contributed by atoms with E-state index in [9.17, 15) is 14.0 Å². The largest absolute Gasteiger partial charge is 0.385 e. The Morgan fingerprint density at radius 2 is 1.56 bits per heavy atom. The molecule has 194 valence electrons. The first-order valence-electron chi connectivity index (χ1n) is 13.2. The number of hydrogen-bond acceptors (Lipinski definition) is 4. The SMILES string of the molecule is CC(C)(F)CN1CCC(CNc2ccc(-c3ccc(C(=O)N4CCCCC4C(N)=O)cc3)cc2)CC1. The van der Waals surface area contributed by atoms with Crippen LogP contribution in [0.25, 0.3) is 11.1 Å². The van der Waals surface area contributed by atoms with Crippen LogP contribution in [0.3, 0.4) is 0 Å². The number of carbonyl (C=O) groups is 2. The average Bonchev–Trinajstić information content (AvgIpc) is 2.87. The predicted molar refractivity (Wildman–Crippen MR) is 143 cm³/mol. The van der Waals surface area contributed by atoms with Crippen LogP contribution in [0.5, 0.6) is 0 Å². The Balaban J connectivity index is 1.29. The van der Waals surface area contributed by atoms with Crippen LogP contribution in [0.15, 0.2) is 48.5 Å². The molecule has 0 bridgehead atoms. The van der Waals surface area contributed by atoms with Gasteiger partial charge in [-0.15, -0.1) is 0 Å². The lowest BCUT2D eigenvalue weighted by Gasteiger charge is -2.34. The number of primary amides is 1. The molecule has 0 saturated carbocycles. The maximum atomic E-state index is 13.9. The van der Waals surface area contributed by atoms with Gasteiger partial charge in [0, 0.05) is 30.9 Å². The van der Waals surface area contributed by atoms with Gasteiger partial charge in [0.05, 0.1) is 0 Å². The minimum absolute atomic E-state index is 0.135. The molecule has 0 radical (unpaired) electrons. The summed E-state index contributed by atoms with van der Waals surface area (Å²) in [4.78, 5) is 28.6. The summed E-state index contributed by atoms with van der Waals surface area (Å²) in [5.41, 5.74) is 8.16. The van der Waals surface area contributed by atoms with E-state index >= 15 is 0 Å². The van der Waals surface area contributed by atoms with E-state index in [1.165, 1.54) is 0 Å². The summed E-state index contributed by atoms with van der Waals surface area (Å²) >= 11 is 0. The van der Waals surface area contributed by atoms with Crippen molar-refractivity contribution in [2.24, 2.45) is 11.7 Å². The van der Waals surface area contributed by atoms with Crippen LogP contribution in [0.4, 0.5) is 10.1 Å². The van der Waals surface area contributed by atoms with Crippen LogP contribution >= 0.6 is 0 Å². The Hall–Kier alpha value is -2.93. The van der Waals surface area contributed by atoms with E-state index in [1.54, 1.807) is 18.7 Å². The van der Waals surface area contributed by atoms with Crippen LogP contribution in [0.1, 0.15) is 56.3 Å². The molecule has 2 aromatic carbocycles. The summed E-state index contributed by atoms with van der Waals surface area (Å²) in [5, 5.41) is 3.55. The van der Waals surface area contributed by atoms with E-state index < -0.39 is 17.6 Å². The second-order valence-electron chi connectivity index (χ2n) is 10.9. The number of carbonyl (C=O) groups excluding carboxylic acids is 2. The number of piperidine rings is 2. The number of halogens is 1. The lowest BCUT2D eigenvalue weighted by Crippen LogP contribution is -2.50.